The molecule has 6 nitrogen and oxygen atoms in total. The molecule has 0 atom stereocenters. The van der Waals surface area contributed by atoms with E-state index in [4.69, 9.17) is 9.47 Å². The maximum atomic E-state index is 5.80. The second kappa shape index (κ2) is 8.95. The Bertz CT molecular complexity index is 605. The van der Waals surface area contributed by atoms with Crippen LogP contribution in [0.1, 0.15) is 20.3 Å². The van der Waals surface area contributed by atoms with Crippen molar-refractivity contribution < 1.29 is 9.47 Å². The van der Waals surface area contributed by atoms with Gasteiger partial charge in [0.2, 0.25) is 0 Å². The average molecular weight is 316 g/mol. The molecule has 2 aromatic rings. The number of nitrogens with zero attached hydrogens (tertiary/aromatic N) is 2. The molecule has 1 heterocycles. The fraction of sp³-hybridized carbons (Fsp3) is 0.412. The highest BCUT2D eigenvalue weighted by atomic mass is 16.5. The van der Waals surface area contributed by atoms with Gasteiger partial charge in [-0.05, 0) is 32.4 Å². The van der Waals surface area contributed by atoms with Gasteiger partial charge < -0.3 is 20.1 Å². The van der Waals surface area contributed by atoms with E-state index in [1.807, 2.05) is 44.2 Å². The Kier molecular flexibility index (Phi) is 6.62. The quantitative estimate of drug-likeness (QED) is 0.691. The number of ether oxygens (including phenoxy) is 2. The second-order valence-electron chi connectivity index (χ2n) is 5.35. The topological polar surface area (TPSA) is 68.3 Å². The van der Waals surface area contributed by atoms with Crippen LogP contribution < -0.4 is 15.4 Å². The first-order chi connectivity index (χ1) is 11.2. The summed E-state index contributed by atoms with van der Waals surface area (Å²) in [7, 11) is 1.70. The van der Waals surface area contributed by atoms with Crippen molar-refractivity contribution in [2.24, 2.45) is 0 Å². The van der Waals surface area contributed by atoms with Crippen molar-refractivity contribution in [3.63, 3.8) is 0 Å². The van der Waals surface area contributed by atoms with Gasteiger partial charge in [-0.15, -0.1) is 0 Å². The Labute approximate surface area is 137 Å². The van der Waals surface area contributed by atoms with Crippen LogP contribution in [0.3, 0.4) is 0 Å². The molecule has 0 aliphatic rings. The van der Waals surface area contributed by atoms with Gasteiger partial charge in [0.1, 0.15) is 23.7 Å². The molecular weight excluding hydrogens is 292 g/mol. The Hall–Kier alpha value is -2.34. The summed E-state index contributed by atoms with van der Waals surface area (Å²) in [6, 6.07) is 9.68. The molecule has 0 aliphatic carbocycles. The summed E-state index contributed by atoms with van der Waals surface area (Å²) in [5.41, 5.74) is 0.880. The predicted molar refractivity (Wildman–Crippen MR) is 92.5 cm³/mol. The second-order valence-corrected chi connectivity index (χ2v) is 5.35. The highest BCUT2D eigenvalue weighted by molar-refractivity contribution is 5.65. The molecule has 0 fully saturated rings. The minimum Gasteiger partial charge on any atom is -0.489 e. The van der Waals surface area contributed by atoms with Gasteiger partial charge >= 0.3 is 0 Å². The van der Waals surface area contributed by atoms with Crippen LogP contribution in [-0.4, -0.2) is 36.3 Å². The molecule has 0 unspecified atom stereocenters. The number of nitrogens with one attached hydrogen (secondary N) is 2. The van der Waals surface area contributed by atoms with E-state index in [9.17, 15) is 0 Å². The van der Waals surface area contributed by atoms with E-state index < -0.39 is 0 Å². The van der Waals surface area contributed by atoms with Crippen molar-refractivity contribution in [3.8, 4) is 5.75 Å². The monoisotopic (exact) mass is 316 g/mol. The molecule has 0 radical (unpaired) electrons. The van der Waals surface area contributed by atoms with Gasteiger partial charge in [0.25, 0.3) is 0 Å². The number of rotatable bonds is 9. The molecule has 0 aliphatic heterocycles. The van der Waals surface area contributed by atoms with E-state index in [1.54, 1.807) is 7.11 Å². The van der Waals surface area contributed by atoms with Crippen LogP contribution in [-0.2, 0) is 4.74 Å². The van der Waals surface area contributed by atoms with E-state index in [-0.39, 0.29) is 6.10 Å². The Morgan fingerprint density at radius 1 is 1.13 bits per heavy atom. The van der Waals surface area contributed by atoms with Crippen LogP contribution >= 0.6 is 0 Å². The van der Waals surface area contributed by atoms with Crippen LogP contribution in [0.25, 0.3) is 0 Å². The summed E-state index contributed by atoms with van der Waals surface area (Å²) in [6.45, 7) is 5.54. The zero-order valence-electron chi connectivity index (χ0n) is 13.9. The van der Waals surface area contributed by atoms with Crippen molar-refractivity contribution in [1.82, 2.24) is 9.97 Å². The molecule has 0 amide bonds. The molecule has 2 N–H and O–H groups in total. The molecule has 124 valence electrons. The molecule has 1 aromatic heterocycles. The molecule has 2 rings (SSSR count). The number of benzene rings is 1. The van der Waals surface area contributed by atoms with E-state index in [0.717, 1.165) is 36.8 Å². The van der Waals surface area contributed by atoms with E-state index >= 15 is 0 Å². The minimum absolute atomic E-state index is 0.112. The summed E-state index contributed by atoms with van der Waals surface area (Å²) < 4.78 is 10.8. The maximum Gasteiger partial charge on any atom is 0.143 e. The molecule has 23 heavy (non-hydrogen) atoms. The fourth-order valence-corrected chi connectivity index (χ4v) is 2.02. The Morgan fingerprint density at radius 2 is 1.91 bits per heavy atom. The average Bonchev–Trinajstić information content (AvgIpc) is 2.53. The van der Waals surface area contributed by atoms with Gasteiger partial charge in [-0.1, -0.05) is 12.1 Å². The molecule has 1 aromatic carbocycles. The minimum atomic E-state index is 0.112. The zero-order valence-corrected chi connectivity index (χ0v) is 13.9. The summed E-state index contributed by atoms with van der Waals surface area (Å²) in [5.74, 6) is 2.30. The van der Waals surface area contributed by atoms with Crippen molar-refractivity contribution in [1.29, 1.82) is 0 Å². The van der Waals surface area contributed by atoms with E-state index in [2.05, 4.69) is 20.6 Å². The standard InChI is InChI=1S/C17H24N4O2/c1-13(2)23-15-8-5-4-7-14(15)21-17-11-16(19-12-20-17)18-9-6-10-22-3/h4-5,7-8,11-13H,6,9-10H2,1-3H3,(H2,18,19,20,21). The molecular formula is C17H24N4O2. The molecule has 0 spiro atoms. The van der Waals surface area contributed by atoms with Crippen molar-refractivity contribution in [2.75, 3.05) is 30.9 Å². The fourth-order valence-electron chi connectivity index (χ4n) is 2.02. The lowest BCUT2D eigenvalue weighted by atomic mass is 10.3. The molecule has 6 heteroatoms. The summed E-state index contributed by atoms with van der Waals surface area (Å²) >= 11 is 0. The third kappa shape index (κ3) is 5.75. The van der Waals surface area contributed by atoms with Crippen LogP contribution in [0, 0.1) is 0 Å². The van der Waals surface area contributed by atoms with E-state index in [0.29, 0.717) is 5.82 Å². The SMILES string of the molecule is COCCCNc1cc(Nc2ccccc2OC(C)C)ncn1. The van der Waals surface area contributed by atoms with Crippen LogP contribution in [0.2, 0.25) is 0 Å². The highest BCUT2D eigenvalue weighted by Gasteiger charge is 2.06. The summed E-state index contributed by atoms with van der Waals surface area (Å²) in [5, 5.41) is 6.53. The largest absolute Gasteiger partial charge is 0.489 e. The highest BCUT2D eigenvalue weighted by Crippen LogP contribution is 2.27. The number of hydrogen-bond acceptors (Lipinski definition) is 6. The summed E-state index contributed by atoms with van der Waals surface area (Å²) in [4.78, 5) is 8.47. The first kappa shape index (κ1) is 17.0. The van der Waals surface area contributed by atoms with Crippen LogP contribution in [0.15, 0.2) is 36.7 Å². The van der Waals surface area contributed by atoms with Gasteiger partial charge in [0.05, 0.1) is 11.8 Å². The normalized spacial score (nSPS) is 10.6. The van der Waals surface area contributed by atoms with Gasteiger partial charge in [-0.25, -0.2) is 9.97 Å². The lowest BCUT2D eigenvalue weighted by molar-refractivity contribution is 0.198. The molecule has 0 saturated carbocycles. The lowest BCUT2D eigenvalue weighted by Crippen LogP contribution is -2.08. The predicted octanol–water partition coefficient (Wildman–Crippen LogP) is 3.46. The number of hydrogen-bond donors (Lipinski definition) is 2. The first-order valence-electron chi connectivity index (χ1n) is 7.76. The summed E-state index contributed by atoms with van der Waals surface area (Å²) in [6.07, 6.45) is 2.57. The smallest absolute Gasteiger partial charge is 0.143 e. The number of methoxy groups -OCH3 is 1. The first-order valence-corrected chi connectivity index (χ1v) is 7.76. The van der Waals surface area contributed by atoms with E-state index in [1.165, 1.54) is 6.33 Å². The van der Waals surface area contributed by atoms with Gasteiger partial charge in [-0.3, -0.25) is 0 Å². The third-order valence-corrected chi connectivity index (χ3v) is 3.01. The van der Waals surface area contributed by atoms with Gasteiger partial charge in [0, 0.05) is 26.3 Å². The Morgan fingerprint density at radius 3 is 2.70 bits per heavy atom. The number of para-hydroxylation sites is 2. The lowest BCUT2D eigenvalue weighted by Gasteiger charge is -2.15. The van der Waals surface area contributed by atoms with Crippen molar-refractivity contribution in [2.45, 2.75) is 26.4 Å². The van der Waals surface area contributed by atoms with Gasteiger partial charge in [-0.2, -0.15) is 0 Å². The zero-order chi connectivity index (χ0) is 16.5. The number of aromatic nitrogens is 2. The van der Waals surface area contributed by atoms with Crippen LogP contribution in [0.4, 0.5) is 17.3 Å². The third-order valence-electron chi connectivity index (χ3n) is 3.01. The number of anilines is 3. The van der Waals surface area contributed by atoms with Gasteiger partial charge in [0.15, 0.2) is 0 Å². The Balaban J connectivity index is 2.03. The molecule has 0 bridgehead atoms. The van der Waals surface area contributed by atoms with Crippen molar-refractivity contribution >= 4 is 17.3 Å². The maximum absolute atomic E-state index is 5.80. The molecule has 0 saturated heterocycles. The van der Waals surface area contributed by atoms with Crippen LogP contribution in [0.5, 0.6) is 5.75 Å². The van der Waals surface area contributed by atoms with Crippen molar-refractivity contribution in [3.05, 3.63) is 36.7 Å².